The van der Waals surface area contributed by atoms with Crippen LogP contribution in [0.5, 0.6) is 0 Å². The normalized spacial score (nSPS) is 16.8. The van der Waals surface area contributed by atoms with Gasteiger partial charge < -0.3 is 10.6 Å². The van der Waals surface area contributed by atoms with Gasteiger partial charge in [-0.3, -0.25) is 0 Å². The molecule has 1 saturated heterocycles. The SMILES string of the molecule is N#Cc1cccc(CN=C(N)N2CCCCCC2)c1. The van der Waals surface area contributed by atoms with E-state index in [0.717, 1.165) is 18.7 Å². The molecule has 0 saturated carbocycles. The van der Waals surface area contributed by atoms with Crippen LogP contribution in [0.1, 0.15) is 36.8 Å². The minimum absolute atomic E-state index is 0.540. The third-order valence-corrected chi connectivity index (χ3v) is 3.41. The van der Waals surface area contributed by atoms with E-state index in [9.17, 15) is 0 Å². The molecule has 0 spiro atoms. The van der Waals surface area contributed by atoms with E-state index in [1.54, 1.807) is 6.07 Å². The number of nitrogens with zero attached hydrogens (tertiary/aromatic N) is 3. The van der Waals surface area contributed by atoms with Gasteiger partial charge in [0.2, 0.25) is 0 Å². The van der Waals surface area contributed by atoms with Crippen LogP contribution in [0.2, 0.25) is 0 Å². The molecular formula is C15H20N4. The Labute approximate surface area is 114 Å². The van der Waals surface area contributed by atoms with Crippen molar-refractivity contribution in [2.75, 3.05) is 13.1 Å². The average molecular weight is 256 g/mol. The summed E-state index contributed by atoms with van der Waals surface area (Å²) in [5.74, 6) is 0.629. The van der Waals surface area contributed by atoms with Gasteiger partial charge in [0.05, 0.1) is 18.2 Å². The maximum Gasteiger partial charge on any atom is 0.191 e. The van der Waals surface area contributed by atoms with Gasteiger partial charge in [-0.25, -0.2) is 4.99 Å². The highest BCUT2D eigenvalue weighted by molar-refractivity contribution is 5.78. The number of guanidine groups is 1. The molecule has 100 valence electrons. The van der Waals surface area contributed by atoms with E-state index in [0.29, 0.717) is 18.1 Å². The Hall–Kier alpha value is -2.02. The molecule has 4 heteroatoms. The summed E-state index contributed by atoms with van der Waals surface area (Å²) in [6, 6.07) is 9.65. The van der Waals surface area contributed by atoms with Crippen LogP contribution in [-0.2, 0) is 6.54 Å². The van der Waals surface area contributed by atoms with Gasteiger partial charge in [0.25, 0.3) is 0 Å². The van der Waals surface area contributed by atoms with Crippen molar-refractivity contribution < 1.29 is 0 Å². The van der Waals surface area contributed by atoms with Crippen molar-refractivity contribution >= 4 is 5.96 Å². The van der Waals surface area contributed by atoms with Crippen molar-refractivity contribution in [2.24, 2.45) is 10.7 Å². The van der Waals surface area contributed by atoms with E-state index < -0.39 is 0 Å². The summed E-state index contributed by atoms with van der Waals surface area (Å²) in [4.78, 5) is 6.61. The fourth-order valence-electron chi connectivity index (χ4n) is 2.31. The molecule has 1 aromatic rings. The summed E-state index contributed by atoms with van der Waals surface area (Å²) in [5, 5.41) is 8.86. The summed E-state index contributed by atoms with van der Waals surface area (Å²) < 4.78 is 0. The van der Waals surface area contributed by atoms with E-state index in [1.165, 1.54) is 25.7 Å². The third-order valence-electron chi connectivity index (χ3n) is 3.41. The highest BCUT2D eigenvalue weighted by Crippen LogP contribution is 2.10. The number of hydrogen-bond donors (Lipinski definition) is 1. The summed E-state index contributed by atoms with van der Waals surface area (Å²) in [6.07, 6.45) is 4.96. The quantitative estimate of drug-likeness (QED) is 0.652. The summed E-state index contributed by atoms with van der Waals surface area (Å²) in [7, 11) is 0. The Morgan fingerprint density at radius 2 is 2.00 bits per heavy atom. The van der Waals surface area contributed by atoms with E-state index in [-0.39, 0.29) is 0 Å². The van der Waals surface area contributed by atoms with Crippen LogP contribution in [0.25, 0.3) is 0 Å². The molecule has 0 aliphatic carbocycles. The smallest absolute Gasteiger partial charge is 0.191 e. The van der Waals surface area contributed by atoms with Gasteiger partial charge in [-0.1, -0.05) is 25.0 Å². The molecule has 1 heterocycles. The van der Waals surface area contributed by atoms with Gasteiger partial charge in [0, 0.05) is 13.1 Å². The number of nitriles is 1. The zero-order valence-corrected chi connectivity index (χ0v) is 11.2. The monoisotopic (exact) mass is 256 g/mol. The van der Waals surface area contributed by atoms with E-state index in [4.69, 9.17) is 11.0 Å². The highest BCUT2D eigenvalue weighted by atomic mass is 15.2. The van der Waals surface area contributed by atoms with Crippen molar-refractivity contribution in [3.63, 3.8) is 0 Å². The van der Waals surface area contributed by atoms with Crippen molar-refractivity contribution in [1.82, 2.24) is 4.90 Å². The number of hydrogen-bond acceptors (Lipinski definition) is 2. The Balaban J connectivity index is 1.98. The average Bonchev–Trinajstić information content (AvgIpc) is 2.74. The molecule has 0 aromatic heterocycles. The second-order valence-electron chi connectivity index (χ2n) is 4.89. The maximum atomic E-state index is 8.86. The molecule has 0 unspecified atom stereocenters. The van der Waals surface area contributed by atoms with E-state index >= 15 is 0 Å². The van der Waals surface area contributed by atoms with Crippen LogP contribution in [0.4, 0.5) is 0 Å². The standard InChI is InChI=1S/C15H20N4/c16-11-13-6-5-7-14(10-13)12-18-15(17)19-8-3-1-2-4-9-19/h5-7,10H,1-4,8-9,12H2,(H2,17,18). The fourth-order valence-corrected chi connectivity index (χ4v) is 2.31. The van der Waals surface area contributed by atoms with Gasteiger partial charge in [0.1, 0.15) is 0 Å². The van der Waals surface area contributed by atoms with Crippen LogP contribution in [0.3, 0.4) is 0 Å². The van der Waals surface area contributed by atoms with Crippen molar-refractivity contribution in [3.05, 3.63) is 35.4 Å². The molecule has 2 N–H and O–H groups in total. The van der Waals surface area contributed by atoms with Crippen molar-refractivity contribution in [1.29, 1.82) is 5.26 Å². The topological polar surface area (TPSA) is 65.4 Å². The molecule has 4 nitrogen and oxygen atoms in total. The largest absolute Gasteiger partial charge is 0.370 e. The van der Waals surface area contributed by atoms with Gasteiger partial charge in [-0.15, -0.1) is 0 Å². The zero-order valence-electron chi connectivity index (χ0n) is 11.2. The molecule has 0 amide bonds. The fraction of sp³-hybridized carbons (Fsp3) is 0.467. The Morgan fingerprint density at radius 3 is 2.68 bits per heavy atom. The zero-order chi connectivity index (χ0) is 13.5. The number of rotatable bonds is 2. The second kappa shape index (κ2) is 6.79. The molecular weight excluding hydrogens is 236 g/mol. The molecule has 1 fully saturated rings. The van der Waals surface area contributed by atoms with Crippen LogP contribution in [0.15, 0.2) is 29.3 Å². The molecule has 1 aliphatic rings. The lowest BCUT2D eigenvalue weighted by atomic mass is 10.1. The molecule has 0 bridgehead atoms. The third kappa shape index (κ3) is 3.99. The van der Waals surface area contributed by atoms with Gasteiger partial charge >= 0.3 is 0 Å². The Kier molecular flexibility index (Phi) is 4.79. The molecule has 19 heavy (non-hydrogen) atoms. The predicted molar refractivity (Wildman–Crippen MR) is 76.5 cm³/mol. The second-order valence-corrected chi connectivity index (χ2v) is 4.89. The van der Waals surface area contributed by atoms with Crippen LogP contribution in [0, 0.1) is 11.3 Å². The number of aliphatic imine (C=N–C) groups is 1. The lowest BCUT2D eigenvalue weighted by Crippen LogP contribution is -2.38. The molecule has 0 radical (unpaired) electrons. The first-order valence-corrected chi connectivity index (χ1v) is 6.83. The van der Waals surface area contributed by atoms with Crippen molar-refractivity contribution in [3.8, 4) is 6.07 Å². The number of likely N-dealkylation sites (tertiary alicyclic amines) is 1. The Morgan fingerprint density at radius 1 is 1.26 bits per heavy atom. The molecule has 0 atom stereocenters. The summed E-state index contributed by atoms with van der Waals surface area (Å²) in [5.41, 5.74) is 7.74. The minimum Gasteiger partial charge on any atom is -0.370 e. The number of nitrogens with two attached hydrogens (primary N) is 1. The first kappa shape index (κ1) is 13.4. The summed E-state index contributed by atoms with van der Waals surface area (Å²) >= 11 is 0. The van der Waals surface area contributed by atoms with Crippen LogP contribution >= 0.6 is 0 Å². The number of benzene rings is 1. The lowest BCUT2D eigenvalue weighted by Gasteiger charge is -2.21. The van der Waals surface area contributed by atoms with E-state index in [2.05, 4.69) is 16.0 Å². The Bertz CT molecular complexity index is 479. The maximum absolute atomic E-state index is 8.86. The molecule has 1 aromatic carbocycles. The van der Waals surface area contributed by atoms with Gasteiger partial charge in [0.15, 0.2) is 5.96 Å². The highest BCUT2D eigenvalue weighted by Gasteiger charge is 2.10. The van der Waals surface area contributed by atoms with Gasteiger partial charge in [-0.05, 0) is 30.5 Å². The molecule has 2 rings (SSSR count). The van der Waals surface area contributed by atoms with E-state index in [1.807, 2.05) is 18.2 Å². The molecule has 1 aliphatic heterocycles. The van der Waals surface area contributed by atoms with Crippen molar-refractivity contribution in [2.45, 2.75) is 32.2 Å². The minimum atomic E-state index is 0.540. The lowest BCUT2D eigenvalue weighted by molar-refractivity contribution is 0.428. The first-order valence-electron chi connectivity index (χ1n) is 6.83. The first-order chi connectivity index (χ1) is 9.29. The predicted octanol–water partition coefficient (Wildman–Crippen LogP) is 2.25. The van der Waals surface area contributed by atoms with Crippen LogP contribution in [-0.4, -0.2) is 23.9 Å². The van der Waals surface area contributed by atoms with Crippen LogP contribution < -0.4 is 5.73 Å². The summed E-state index contributed by atoms with van der Waals surface area (Å²) in [6.45, 7) is 2.55. The van der Waals surface area contributed by atoms with Gasteiger partial charge in [-0.2, -0.15) is 5.26 Å².